The molecule has 0 spiro atoms. The van der Waals surface area contributed by atoms with Crippen molar-refractivity contribution in [2.75, 3.05) is 6.61 Å². The number of ether oxygens (including phenoxy) is 1. The van der Waals surface area contributed by atoms with Gasteiger partial charge in [-0.05, 0) is 36.3 Å². The minimum atomic E-state index is 0.847. The molecule has 1 aromatic rings. The summed E-state index contributed by atoms with van der Waals surface area (Å²) < 4.78 is 5.74. The van der Waals surface area contributed by atoms with Crippen molar-refractivity contribution in [3.63, 3.8) is 0 Å². The molecular weight excluding hydrogens is 227 g/mol. The van der Waals surface area contributed by atoms with E-state index in [0.29, 0.717) is 0 Å². The lowest BCUT2D eigenvalue weighted by molar-refractivity contribution is 0.304. The van der Waals surface area contributed by atoms with E-state index >= 15 is 0 Å². The maximum atomic E-state index is 5.74. The molecule has 1 nitrogen and oxygen atoms in total. The fraction of sp³-hybridized carbons (Fsp3) is 0.600. The lowest BCUT2D eigenvalue weighted by Gasteiger charge is -2.08. The van der Waals surface area contributed by atoms with Crippen LogP contribution in [0.5, 0.6) is 5.75 Å². The SMILES string of the molecule is CCCCCCCCOc1ccc(C)c(P)c1. The van der Waals surface area contributed by atoms with Crippen LogP contribution in [-0.2, 0) is 0 Å². The fourth-order valence-electron chi connectivity index (χ4n) is 1.78. The average Bonchev–Trinajstić information content (AvgIpc) is 2.32. The molecule has 17 heavy (non-hydrogen) atoms. The maximum Gasteiger partial charge on any atom is 0.119 e. The van der Waals surface area contributed by atoms with Crippen molar-refractivity contribution in [3.8, 4) is 5.75 Å². The van der Waals surface area contributed by atoms with Gasteiger partial charge in [-0.15, -0.1) is 9.24 Å². The Bertz CT molecular complexity index is 323. The second-order valence-electron chi connectivity index (χ2n) is 4.63. The predicted octanol–water partition coefficient (Wildman–Crippen LogP) is 4.23. The molecule has 1 aromatic carbocycles. The zero-order chi connectivity index (χ0) is 12.5. The van der Waals surface area contributed by atoms with Crippen LogP contribution in [0.1, 0.15) is 51.0 Å². The van der Waals surface area contributed by atoms with Gasteiger partial charge in [0.15, 0.2) is 0 Å². The summed E-state index contributed by atoms with van der Waals surface area (Å²) in [4.78, 5) is 0. The first-order valence-electron chi connectivity index (χ1n) is 6.73. The van der Waals surface area contributed by atoms with Crippen molar-refractivity contribution in [3.05, 3.63) is 23.8 Å². The van der Waals surface area contributed by atoms with E-state index in [0.717, 1.165) is 12.4 Å². The molecule has 0 saturated carbocycles. The van der Waals surface area contributed by atoms with E-state index in [9.17, 15) is 0 Å². The fourth-order valence-corrected chi connectivity index (χ4v) is 2.04. The van der Waals surface area contributed by atoms with E-state index in [4.69, 9.17) is 4.74 Å². The summed E-state index contributed by atoms with van der Waals surface area (Å²) in [5.74, 6) is 0.995. The number of hydrogen-bond acceptors (Lipinski definition) is 1. The highest BCUT2D eigenvalue weighted by Crippen LogP contribution is 2.13. The standard InChI is InChI=1S/C15H25OP/c1-3-4-5-6-7-8-11-16-14-10-9-13(2)15(17)12-14/h9-10,12H,3-8,11,17H2,1-2H3. The number of benzene rings is 1. The summed E-state index contributed by atoms with van der Waals surface area (Å²) in [7, 11) is 2.75. The van der Waals surface area contributed by atoms with E-state index in [1.165, 1.54) is 49.4 Å². The van der Waals surface area contributed by atoms with Gasteiger partial charge in [0.05, 0.1) is 6.61 Å². The maximum absolute atomic E-state index is 5.74. The van der Waals surface area contributed by atoms with Gasteiger partial charge < -0.3 is 4.74 Å². The van der Waals surface area contributed by atoms with Gasteiger partial charge in [-0.1, -0.05) is 45.1 Å². The Morgan fingerprint density at radius 1 is 1.06 bits per heavy atom. The summed E-state index contributed by atoms with van der Waals surface area (Å²) >= 11 is 0. The summed E-state index contributed by atoms with van der Waals surface area (Å²) in [6, 6.07) is 6.26. The van der Waals surface area contributed by atoms with Gasteiger partial charge in [-0.2, -0.15) is 0 Å². The molecule has 0 amide bonds. The Hall–Kier alpha value is -0.550. The lowest BCUT2D eigenvalue weighted by Crippen LogP contribution is -2.01. The normalized spacial score (nSPS) is 10.5. The quantitative estimate of drug-likeness (QED) is 0.497. The third-order valence-electron chi connectivity index (χ3n) is 3.02. The van der Waals surface area contributed by atoms with E-state index in [1.807, 2.05) is 0 Å². The second-order valence-corrected chi connectivity index (χ2v) is 5.26. The van der Waals surface area contributed by atoms with Crippen LogP contribution >= 0.6 is 9.24 Å². The molecule has 0 N–H and O–H groups in total. The summed E-state index contributed by atoms with van der Waals surface area (Å²) in [6.45, 7) is 5.21. The minimum Gasteiger partial charge on any atom is -0.494 e. The average molecular weight is 252 g/mol. The van der Waals surface area contributed by atoms with Crippen LogP contribution in [-0.4, -0.2) is 6.61 Å². The van der Waals surface area contributed by atoms with Crippen LogP contribution in [0.4, 0.5) is 0 Å². The first-order chi connectivity index (χ1) is 8.24. The van der Waals surface area contributed by atoms with E-state index in [2.05, 4.69) is 41.3 Å². The molecule has 2 heteroatoms. The molecule has 1 unspecified atom stereocenters. The number of rotatable bonds is 8. The zero-order valence-corrected chi connectivity index (χ0v) is 12.3. The largest absolute Gasteiger partial charge is 0.494 e. The second kappa shape index (κ2) is 8.53. The monoisotopic (exact) mass is 252 g/mol. The van der Waals surface area contributed by atoms with Gasteiger partial charge in [0.1, 0.15) is 5.75 Å². The van der Waals surface area contributed by atoms with Crippen LogP contribution in [0.3, 0.4) is 0 Å². The topological polar surface area (TPSA) is 9.23 Å². The smallest absolute Gasteiger partial charge is 0.119 e. The number of aryl methyl sites for hydroxylation is 1. The molecule has 0 heterocycles. The molecule has 0 saturated heterocycles. The lowest BCUT2D eigenvalue weighted by atomic mass is 10.1. The molecule has 0 fully saturated rings. The van der Waals surface area contributed by atoms with Crippen LogP contribution in [0.15, 0.2) is 18.2 Å². The van der Waals surface area contributed by atoms with Gasteiger partial charge in [-0.25, -0.2) is 0 Å². The molecule has 0 bridgehead atoms. The highest BCUT2D eigenvalue weighted by molar-refractivity contribution is 7.27. The molecular formula is C15H25OP. The van der Waals surface area contributed by atoms with E-state index in [1.54, 1.807) is 0 Å². The molecule has 1 rings (SSSR count). The van der Waals surface area contributed by atoms with Crippen molar-refractivity contribution in [1.82, 2.24) is 0 Å². The molecule has 0 aliphatic heterocycles. The molecule has 1 atom stereocenters. The van der Waals surface area contributed by atoms with Crippen LogP contribution in [0.2, 0.25) is 0 Å². The Morgan fingerprint density at radius 2 is 1.76 bits per heavy atom. The van der Waals surface area contributed by atoms with Crippen molar-refractivity contribution >= 4 is 14.5 Å². The minimum absolute atomic E-state index is 0.847. The van der Waals surface area contributed by atoms with Gasteiger partial charge in [-0.3, -0.25) is 0 Å². The van der Waals surface area contributed by atoms with E-state index < -0.39 is 0 Å². The molecule has 0 aliphatic rings. The highest BCUT2D eigenvalue weighted by atomic mass is 31.0. The third kappa shape index (κ3) is 6.07. The molecule has 0 aromatic heterocycles. The van der Waals surface area contributed by atoms with Gasteiger partial charge in [0.2, 0.25) is 0 Å². The van der Waals surface area contributed by atoms with Crippen molar-refractivity contribution in [1.29, 1.82) is 0 Å². The predicted molar refractivity (Wildman–Crippen MR) is 79.4 cm³/mol. The zero-order valence-electron chi connectivity index (χ0n) is 11.2. The summed E-state index contributed by atoms with van der Waals surface area (Å²) in [6.07, 6.45) is 7.87. The van der Waals surface area contributed by atoms with E-state index in [-0.39, 0.29) is 0 Å². The molecule has 96 valence electrons. The van der Waals surface area contributed by atoms with Gasteiger partial charge >= 0.3 is 0 Å². The Kier molecular flexibility index (Phi) is 7.28. The van der Waals surface area contributed by atoms with Crippen LogP contribution in [0.25, 0.3) is 0 Å². The first-order valence-corrected chi connectivity index (χ1v) is 7.30. The highest BCUT2D eigenvalue weighted by Gasteiger charge is 1.97. The van der Waals surface area contributed by atoms with Crippen molar-refractivity contribution in [2.45, 2.75) is 52.4 Å². The summed E-state index contributed by atoms with van der Waals surface area (Å²) in [5, 5.41) is 1.23. The van der Waals surface area contributed by atoms with Gasteiger partial charge in [0.25, 0.3) is 0 Å². The Morgan fingerprint density at radius 3 is 2.47 bits per heavy atom. The Labute approximate surface area is 108 Å². The Balaban J connectivity index is 2.11. The van der Waals surface area contributed by atoms with Crippen molar-refractivity contribution in [2.24, 2.45) is 0 Å². The number of unbranched alkanes of at least 4 members (excludes halogenated alkanes) is 5. The van der Waals surface area contributed by atoms with Crippen LogP contribution in [0, 0.1) is 6.92 Å². The number of hydrogen-bond donors (Lipinski definition) is 0. The first kappa shape index (κ1) is 14.5. The third-order valence-corrected chi connectivity index (χ3v) is 3.64. The van der Waals surface area contributed by atoms with Gasteiger partial charge in [0, 0.05) is 0 Å². The van der Waals surface area contributed by atoms with Crippen LogP contribution < -0.4 is 10.0 Å². The molecule has 0 radical (unpaired) electrons. The summed E-state index contributed by atoms with van der Waals surface area (Å²) in [5.41, 5.74) is 1.29. The van der Waals surface area contributed by atoms with Crippen molar-refractivity contribution < 1.29 is 4.74 Å². The molecule has 0 aliphatic carbocycles.